The molecule has 0 saturated heterocycles. The average molecular weight is 491 g/mol. The normalized spacial score (nSPS) is 18.7. The van der Waals surface area contributed by atoms with E-state index in [0.29, 0.717) is 5.66 Å². The lowest BCUT2D eigenvalue weighted by Gasteiger charge is -2.34. The van der Waals surface area contributed by atoms with Crippen LogP contribution in [0.15, 0.2) is 48.5 Å². The molecular formula is C31H39O3P. The van der Waals surface area contributed by atoms with Crippen molar-refractivity contribution in [1.82, 2.24) is 0 Å². The van der Waals surface area contributed by atoms with Crippen LogP contribution in [0, 0.1) is 40.5 Å². The van der Waals surface area contributed by atoms with Crippen LogP contribution in [0.25, 0.3) is 0 Å². The summed E-state index contributed by atoms with van der Waals surface area (Å²) >= 11 is 0. The smallest absolute Gasteiger partial charge is 0.124 e. The first-order valence-corrected chi connectivity index (χ1v) is 14.0. The molecule has 0 aromatic heterocycles. The highest BCUT2D eigenvalue weighted by Crippen LogP contribution is 2.54. The Labute approximate surface area is 212 Å². The van der Waals surface area contributed by atoms with E-state index in [0.717, 1.165) is 36.3 Å². The van der Waals surface area contributed by atoms with Crippen molar-refractivity contribution in [2.45, 2.75) is 65.6 Å². The van der Waals surface area contributed by atoms with Gasteiger partial charge in [0.1, 0.15) is 11.5 Å². The minimum Gasteiger partial charge on any atom is -0.496 e. The first-order valence-electron chi connectivity index (χ1n) is 12.6. The highest BCUT2D eigenvalue weighted by atomic mass is 31.1. The van der Waals surface area contributed by atoms with Crippen LogP contribution < -0.4 is 20.1 Å². The quantitative estimate of drug-likeness (QED) is 0.380. The maximum Gasteiger partial charge on any atom is 0.124 e. The Morgan fingerprint density at radius 1 is 0.743 bits per heavy atom. The van der Waals surface area contributed by atoms with Gasteiger partial charge in [-0.1, -0.05) is 30.7 Å². The van der Waals surface area contributed by atoms with Crippen LogP contribution in [-0.4, -0.2) is 25.0 Å². The largest absolute Gasteiger partial charge is 0.496 e. The lowest BCUT2D eigenvalue weighted by molar-refractivity contribution is 0.113. The van der Waals surface area contributed by atoms with E-state index in [4.69, 9.17) is 9.47 Å². The Morgan fingerprint density at radius 2 is 1.23 bits per heavy atom. The van der Waals surface area contributed by atoms with E-state index in [1.807, 2.05) is 6.07 Å². The van der Waals surface area contributed by atoms with Gasteiger partial charge in [-0.25, -0.2) is 0 Å². The Hall–Kier alpha value is -2.35. The van der Waals surface area contributed by atoms with Crippen molar-refractivity contribution in [2.24, 2.45) is 5.92 Å². The summed E-state index contributed by atoms with van der Waals surface area (Å²) in [5, 5.41) is 14.4. The monoisotopic (exact) mass is 490 g/mol. The van der Waals surface area contributed by atoms with Gasteiger partial charge in [-0.2, -0.15) is 0 Å². The molecule has 0 radical (unpaired) electrons. The molecule has 4 heteroatoms. The molecule has 0 spiro atoms. The number of benzene rings is 3. The lowest BCUT2D eigenvalue weighted by atomic mass is 9.91. The van der Waals surface area contributed by atoms with Crippen molar-refractivity contribution in [2.75, 3.05) is 14.2 Å². The number of rotatable bonds is 7. The molecule has 186 valence electrons. The van der Waals surface area contributed by atoms with E-state index in [-0.39, 0.29) is 5.92 Å². The fourth-order valence-electron chi connectivity index (χ4n) is 6.12. The van der Waals surface area contributed by atoms with Crippen molar-refractivity contribution in [3.8, 4) is 11.5 Å². The Kier molecular flexibility index (Phi) is 7.89. The van der Waals surface area contributed by atoms with Gasteiger partial charge in [-0.05, 0) is 135 Å². The predicted octanol–water partition coefficient (Wildman–Crippen LogP) is 6.58. The molecule has 1 N–H and O–H groups in total. The second kappa shape index (κ2) is 10.7. The molecule has 1 saturated carbocycles. The summed E-state index contributed by atoms with van der Waals surface area (Å²) < 4.78 is 11.4. The number of hydrogen-bond acceptors (Lipinski definition) is 3. The number of aliphatic hydroxyl groups is 1. The predicted molar refractivity (Wildman–Crippen MR) is 148 cm³/mol. The summed E-state index contributed by atoms with van der Waals surface area (Å²) in [4.78, 5) is 0. The number of aryl methyl sites for hydroxylation is 5. The lowest BCUT2D eigenvalue weighted by Crippen LogP contribution is -2.29. The van der Waals surface area contributed by atoms with E-state index in [2.05, 4.69) is 77.1 Å². The summed E-state index contributed by atoms with van der Waals surface area (Å²) in [6.45, 7) is 10.7. The molecule has 1 aliphatic rings. The van der Waals surface area contributed by atoms with Gasteiger partial charge in [-0.15, -0.1) is 0 Å². The molecule has 3 aromatic carbocycles. The third-order valence-electron chi connectivity index (χ3n) is 7.63. The maximum absolute atomic E-state index is 11.7. The highest BCUT2D eigenvalue weighted by Gasteiger charge is 2.40. The van der Waals surface area contributed by atoms with Crippen LogP contribution in [0.1, 0.15) is 58.7 Å². The summed E-state index contributed by atoms with van der Waals surface area (Å²) in [6.07, 6.45) is 2.89. The van der Waals surface area contributed by atoms with E-state index in [1.54, 1.807) is 14.2 Å². The molecule has 0 heterocycles. The molecule has 3 aromatic rings. The molecule has 0 amide bonds. The van der Waals surface area contributed by atoms with Crippen LogP contribution >= 0.6 is 7.92 Å². The maximum atomic E-state index is 11.7. The average Bonchev–Trinajstić information content (AvgIpc) is 3.28. The molecule has 3 atom stereocenters. The summed E-state index contributed by atoms with van der Waals surface area (Å²) in [5.74, 6) is 2.16. The third-order valence-corrected chi connectivity index (χ3v) is 10.6. The van der Waals surface area contributed by atoms with Crippen LogP contribution in [-0.2, 0) is 0 Å². The Balaban J connectivity index is 1.86. The minimum absolute atomic E-state index is 0.229. The summed E-state index contributed by atoms with van der Waals surface area (Å²) in [7, 11) is 2.80. The van der Waals surface area contributed by atoms with Crippen molar-refractivity contribution in [1.29, 1.82) is 0 Å². The number of aliphatic hydroxyl groups excluding tert-OH is 1. The summed E-state index contributed by atoms with van der Waals surface area (Å²) in [6, 6.07) is 17.6. The van der Waals surface area contributed by atoms with Crippen LogP contribution in [0.3, 0.4) is 0 Å². The molecule has 1 aliphatic carbocycles. The Bertz CT molecular complexity index is 1100. The van der Waals surface area contributed by atoms with Crippen LogP contribution in [0.4, 0.5) is 0 Å². The molecular weight excluding hydrogens is 451 g/mol. The zero-order chi connectivity index (χ0) is 25.3. The summed E-state index contributed by atoms with van der Waals surface area (Å²) in [5.41, 5.74) is 7.33. The second-order valence-corrected chi connectivity index (χ2v) is 12.5. The topological polar surface area (TPSA) is 38.7 Å². The van der Waals surface area contributed by atoms with Gasteiger partial charge in [0.05, 0.1) is 20.3 Å². The molecule has 35 heavy (non-hydrogen) atoms. The van der Waals surface area contributed by atoms with E-state index < -0.39 is 14.0 Å². The SMILES string of the molecule is COc1c(C)cc(P(c2cc(C)c(OC)c(C)c2)C2CCCC2[C@@H](O)c2ccccc2C)cc1C. The van der Waals surface area contributed by atoms with Gasteiger partial charge in [0.2, 0.25) is 0 Å². The van der Waals surface area contributed by atoms with Gasteiger partial charge in [-0.3, -0.25) is 0 Å². The first kappa shape index (κ1) is 25.7. The van der Waals surface area contributed by atoms with Gasteiger partial charge in [0.15, 0.2) is 0 Å². The third kappa shape index (κ3) is 4.99. The molecule has 0 bridgehead atoms. The van der Waals surface area contributed by atoms with Crippen LogP contribution in [0.5, 0.6) is 11.5 Å². The Morgan fingerprint density at radius 3 is 1.69 bits per heavy atom. The van der Waals surface area contributed by atoms with Gasteiger partial charge in [0, 0.05) is 0 Å². The fraction of sp³-hybridized carbons (Fsp3) is 0.419. The van der Waals surface area contributed by atoms with E-state index in [1.165, 1.54) is 38.4 Å². The van der Waals surface area contributed by atoms with Crippen molar-refractivity contribution < 1.29 is 14.6 Å². The van der Waals surface area contributed by atoms with Gasteiger partial charge >= 0.3 is 0 Å². The molecule has 1 fully saturated rings. The minimum atomic E-state index is -0.694. The van der Waals surface area contributed by atoms with E-state index >= 15 is 0 Å². The van der Waals surface area contributed by atoms with Crippen molar-refractivity contribution >= 4 is 18.5 Å². The van der Waals surface area contributed by atoms with Crippen LogP contribution in [0.2, 0.25) is 0 Å². The zero-order valence-corrected chi connectivity index (χ0v) is 23.1. The number of hydrogen-bond donors (Lipinski definition) is 1. The van der Waals surface area contributed by atoms with Gasteiger partial charge < -0.3 is 14.6 Å². The molecule has 0 aliphatic heterocycles. The van der Waals surface area contributed by atoms with E-state index in [9.17, 15) is 5.11 Å². The number of methoxy groups -OCH3 is 2. The molecule has 3 nitrogen and oxygen atoms in total. The van der Waals surface area contributed by atoms with Crippen molar-refractivity contribution in [3.05, 3.63) is 81.9 Å². The molecule has 2 unspecified atom stereocenters. The van der Waals surface area contributed by atoms with Gasteiger partial charge in [0.25, 0.3) is 0 Å². The van der Waals surface area contributed by atoms with Crippen molar-refractivity contribution in [3.63, 3.8) is 0 Å². The first-order chi connectivity index (χ1) is 16.8. The molecule has 4 rings (SSSR count). The fourth-order valence-corrected chi connectivity index (χ4v) is 9.65. The zero-order valence-electron chi connectivity index (χ0n) is 22.2. The second-order valence-electron chi connectivity index (χ2n) is 10.1. The highest BCUT2D eigenvalue weighted by molar-refractivity contribution is 7.73. The standard InChI is InChI=1S/C31H39O3P/c1-19-11-8-9-12-26(19)29(32)27-13-10-14-28(27)35(24-15-20(2)30(33-6)21(3)16-24)25-17-22(4)31(34-7)23(5)18-25/h8-9,11-12,15-18,27-29,32H,10,13-14H2,1-7H3/t27?,28?,29-/m0/s1. The number of ether oxygens (including phenoxy) is 2.